The van der Waals surface area contributed by atoms with Crippen molar-refractivity contribution in [3.8, 4) is 0 Å². The predicted molar refractivity (Wildman–Crippen MR) is 103 cm³/mol. The Morgan fingerprint density at radius 2 is 1.90 bits per heavy atom. The maximum atomic E-state index is 13.4. The molecule has 0 amide bonds. The number of aliphatic hydroxyl groups excluding tert-OH is 1. The quantitative estimate of drug-likeness (QED) is 0.508. The first-order chi connectivity index (χ1) is 13.7. The zero-order chi connectivity index (χ0) is 20.9. The van der Waals surface area contributed by atoms with E-state index in [-0.39, 0.29) is 16.2 Å². The molecule has 1 fully saturated rings. The second kappa shape index (κ2) is 7.54. The second-order valence-electron chi connectivity index (χ2n) is 7.30. The molecule has 1 aromatic carbocycles. The van der Waals surface area contributed by atoms with E-state index in [0.717, 1.165) is 12.1 Å². The molecule has 3 N–H and O–H groups in total. The van der Waals surface area contributed by atoms with Crippen LogP contribution in [0.15, 0.2) is 17.0 Å². The molecule has 7 nitrogen and oxygen atoms in total. The predicted octanol–water partition coefficient (Wildman–Crippen LogP) is 2.13. The Kier molecular flexibility index (Phi) is 5.21. The van der Waals surface area contributed by atoms with E-state index < -0.39 is 34.9 Å². The van der Waals surface area contributed by atoms with Gasteiger partial charge in [0.25, 0.3) is 0 Å². The Labute approximate surface area is 168 Å². The summed E-state index contributed by atoms with van der Waals surface area (Å²) in [7, 11) is 1.82. The number of nitrogens with zero attached hydrogens (tertiary/aromatic N) is 3. The fourth-order valence-electron chi connectivity index (χ4n) is 3.51. The molecular weight excluding hydrogens is 407 g/mol. The number of benzene rings is 1. The molecule has 2 heterocycles. The summed E-state index contributed by atoms with van der Waals surface area (Å²) in [6.45, 7) is 2.19. The van der Waals surface area contributed by atoms with E-state index in [1.165, 1.54) is 0 Å². The van der Waals surface area contributed by atoms with Gasteiger partial charge in [-0.15, -0.1) is 0 Å². The number of hydrogen-bond donors (Lipinski definition) is 3. The van der Waals surface area contributed by atoms with Crippen LogP contribution in [0, 0.1) is 24.4 Å². The Balaban J connectivity index is 1.41. The molecule has 0 radical (unpaired) electrons. The van der Waals surface area contributed by atoms with Gasteiger partial charge in [-0.25, -0.2) is 18.2 Å². The first kappa shape index (κ1) is 20.0. The van der Waals surface area contributed by atoms with Gasteiger partial charge in [-0.3, -0.25) is 0 Å². The molecule has 11 heteroatoms. The lowest BCUT2D eigenvalue weighted by Crippen LogP contribution is -2.44. The highest BCUT2D eigenvalue weighted by Crippen LogP contribution is 2.35. The fourth-order valence-corrected chi connectivity index (χ4v) is 5.15. The SMILES string of the molecule is Cc1nc(N[C@H]2C[C@@H]([S@+]([O-])c3cc(F)c(F)c(F)c3)C2)nc2c1NC(O)CN2C. The topological polar surface area (TPSA) is 96.4 Å². The van der Waals surface area contributed by atoms with Crippen LogP contribution in [0.25, 0.3) is 0 Å². The maximum absolute atomic E-state index is 13.4. The van der Waals surface area contributed by atoms with E-state index in [4.69, 9.17) is 0 Å². The fraction of sp³-hybridized carbons (Fsp3) is 0.444. The molecule has 0 spiro atoms. The summed E-state index contributed by atoms with van der Waals surface area (Å²) in [6.07, 6.45) is 0.302. The van der Waals surface area contributed by atoms with Crippen LogP contribution in [0.5, 0.6) is 0 Å². The number of fused-ring (bicyclic) bond motifs is 1. The Morgan fingerprint density at radius 3 is 2.55 bits per heavy atom. The second-order valence-corrected chi connectivity index (χ2v) is 9.04. The Hall–Kier alpha value is -2.24. The molecule has 29 heavy (non-hydrogen) atoms. The third-order valence-corrected chi connectivity index (χ3v) is 6.80. The summed E-state index contributed by atoms with van der Waals surface area (Å²) >= 11 is -1.64. The van der Waals surface area contributed by atoms with Crippen LogP contribution in [0.2, 0.25) is 0 Å². The minimum atomic E-state index is -1.64. The number of aryl methyl sites for hydroxylation is 1. The van der Waals surface area contributed by atoms with E-state index in [0.29, 0.717) is 42.5 Å². The number of rotatable bonds is 4. The molecule has 2 aliphatic rings. The lowest BCUT2D eigenvalue weighted by atomic mass is 9.92. The molecule has 1 aromatic heterocycles. The molecule has 0 bridgehead atoms. The van der Waals surface area contributed by atoms with E-state index in [1.807, 2.05) is 11.9 Å². The van der Waals surface area contributed by atoms with Crippen molar-refractivity contribution in [2.75, 3.05) is 29.1 Å². The largest absolute Gasteiger partial charge is 0.611 e. The molecule has 0 saturated heterocycles. The molecule has 1 aliphatic carbocycles. The molecule has 1 saturated carbocycles. The molecule has 2 atom stereocenters. The molecule has 156 valence electrons. The summed E-state index contributed by atoms with van der Waals surface area (Å²) < 4.78 is 52.4. The highest BCUT2D eigenvalue weighted by molar-refractivity contribution is 7.92. The van der Waals surface area contributed by atoms with Crippen molar-refractivity contribution >= 4 is 28.6 Å². The molecule has 4 rings (SSSR count). The highest BCUT2D eigenvalue weighted by atomic mass is 32.2. The van der Waals surface area contributed by atoms with Gasteiger partial charge in [0.2, 0.25) is 5.95 Å². The third kappa shape index (κ3) is 3.81. The summed E-state index contributed by atoms with van der Waals surface area (Å²) in [5, 5.41) is 15.7. The van der Waals surface area contributed by atoms with Crippen LogP contribution in [0.3, 0.4) is 0 Å². The first-order valence-corrected chi connectivity index (χ1v) is 10.3. The zero-order valence-electron chi connectivity index (χ0n) is 15.7. The van der Waals surface area contributed by atoms with Crippen molar-refractivity contribution < 1.29 is 22.8 Å². The molecule has 1 unspecified atom stereocenters. The van der Waals surface area contributed by atoms with Crippen LogP contribution < -0.4 is 15.5 Å². The van der Waals surface area contributed by atoms with Crippen molar-refractivity contribution in [1.82, 2.24) is 9.97 Å². The van der Waals surface area contributed by atoms with Crippen LogP contribution in [-0.2, 0) is 11.2 Å². The van der Waals surface area contributed by atoms with Crippen LogP contribution >= 0.6 is 0 Å². The van der Waals surface area contributed by atoms with E-state index >= 15 is 0 Å². The minimum Gasteiger partial charge on any atom is -0.611 e. The van der Waals surface area contributed by atoms with Gasteiger partial charge < -0.3 is 25.2 Å². The normalized spacial score (nSPS) is 24.4. The standard InChI is InChI=1S/C18H20F3N5O2S/c1-8-16-17(26(2)7-14(27)24-16)25-18(22-8)23-9-3-10(4-9)29(28)11-5-12(19)15(21)13(20)6-11/h5-6,9-10,14,24,27H,3-4,7H2,1-2H3,(H,22,23,25)/t9-,10+,14?,29-/m0/s1. The van der Waals surface area contributed by atoms with Crippen LogP contribution in [0.1, 0.15) is 18.5 Å². The summed E-state index contributed by atoms with van der Waals surface area (Å²) in [5.74, 6) is -3.17. The van der Waals surface area contributed by atoms with Gasteiger partial charge in [0.1, 0.15) is 17.2 Å². The summed E-state index contributed by atoms with van der Waals surface area (Å²) in [4.78, 5) is 10.7. The van der Waals surface area contributed by atoms with Gasteiger partial charge in [0.15, 0.2) is 28.2 Å². The number of hydrogen-bond acceptors (Lipinski definition) is 7. The van der Waals surface area contributed by atoms with Crippen molar-refractivity contribution in [2.45, 2.75) is 42.2 Å². The van der Waals surface area contributed by atoms with Crippen LogP contribution in [0.4, 0.5) is 30.6 Å². The van der Waals surface area contributed by atoms with Gasteiger partial charge in [0.05, 0.1) is 12.2 Å². The third-order valence-electron chi connectivity index (χ3n) is 5.11. The monoisotopic (exact) mass is 427 g/mol. The van der Waals surface area contributed by atoms with Gasteiger partial charge in [-0.1, -0.05) is 0 Å². The number of aliphatic hydroxyl groups is 1. The Morgan fingerprint density at radius 1 is 1.24 bits per heavy atom. The molecular formula is C18H20F3N5O2S. The Bertz CT molecular complexity index is 921. The minimum absolute atomic E-state index is 0.0380. The summed E-state index contributed by atoms with van der Waals surface area (Å²) in [6, 6.07) is 1.52. The number of aromatic nitrogens is 2. The number of likely N-dealkylation sites (N-methyl/N-ethyl adjacent to an activating group) is 1. The average molecular weight is 427 g/mol. The number of halogens is 3. The zero-order valence-corrected chi connectivity index (χ0v) is 16.6. The van der Waals surface area contributed by atoms with Gasteiger partial charge in [-0.05, 0) is 18.1 Å². The van der Waals surface area contributed by atoms with Crippen molar-refractivity contribution in [3.05, 3.63) is 35.3 Å². The van der Waals surface area contributed by atoms with Crippen molar-refractivity contribution in [1.29, 1.82) is 0 Å². The van der Waals surface area contributed by atoms with E-state index in [2.05, 4.69) is 20.6 Å². The van der Waals surface area contributed by atoms with Crippen molar-refractivity contribution in [2.24, 2.45) is 0 Å². The lowest BCUT2D eigenvalue weighted by molar-refractivity contribution is 0.206. The van der Waals surface area contributed by atoms with Crippen molar-refractivity contribution in [3.63, 3.8) is 0 Å². The van der Waals surface area contributed by atoms with Gasteiger partial charge in [-0.2, -0.15) is 4.98 Å². The average Bonchev–Trinajstić information content (AvgIpc) is 2.62. The summed E-state index contributed by atoms with van der Waals surface area (Å²) in [5.41, 5.74) is 1.35. The van der Waals surface area contributed by atoms with Crippen LogP contribution in [-0.4, -0.2) is 50.7 Å². The maximum Gasteiger partial charge on any atom is 0.225 e. The first-order valence-electron chi connectivity index (χ1n) is 9.09. The van der Waals surface area contributed by atoms with E-state index in [9.17, 15) is 22.8 Å². The lowest BCUT2D eigenvalue weighted by Gasteiger charge is -2.37. The number of β-amino-alcohol motifs (C(OH)–C–C–N with tert-alkyl or cyclic N) is 1. The van der Waals surface area contributed by atoms with Gasteiger partial charge >= 0.3 is 0 Å². The smallest absolute Gasteiger partial charge is 0.225 e. The molecule has 1 aliphatic heterocycles. The molecule has 2 aromatic rings. The van der Waals surface area contributed by atoms with E-state index in [1.54, 1.807) is 6.92 Å². The number of nitrogens with one attached hydrogen (secondary N) is 2. The van der Waals surface area contributed by atoms with Gasteiger partial charge in [0, 0.05) is 38.1 Å². The number of anilines is 3. The highest BCUT2D eigenvalue weighted by Gasteiger charge is 2.40.